The van der Waals surface area contributed by atoms with Gasteiger partial charge in [-0.1, -0.05) is 0 Å². The average Bonchev–Trinajstić information content (AvgIpc) is 2.18. The van der Waals surface area contributed by atoms with Gasteiger partial charge in [0.25, 0.3) is 0 Å². The molecule has 3 nitrogen and oxygen atoms in total. The van der Waals surface area contributed by atoms with Crippen LogP contribution in [0.25, 0.3) is 0 Å². The van der Waals surface area contributed by atoms with E-state index in [4.69, 9.17) is 9.47 Å². The van der Waals surface area contributed by atoms with Gasteiger partial charge in [-0.15, -0.1) is 0 Å². The monoisotopic (exact) mass is 194 g/mol. The molecule has 0 spiro atoms. The summed E-state index contributed by atoms with van der Waals surface area (Å²) in [4.78, 5) is 11.2. The zero-order valence-electron chi connectivity index (χ0n) is 8.66. The van der Waals surface area contributed by atoms with Gasteiger partial charge < -0.3 is 9.47 Å². The first-order valence-corrected chi connectivity index (χ1v) is 4.50. The normalized spacial score (nSPS) is 9.64. The number of ketones is 1. The van der Waals surface area contributed by atoms with Crippen LogP contribution in [0, 0.1) is 0 Å². The second kappa shape index (κ2) is 4.65. The van der Waals surface area contributed by atoms with Crippen molar-refractivity contribution in [2.24, 2.45) is 0 Å². The summed E-state index contributed by atoms with van der Waals surface area (Å²) in [6, 6.07) is 5.22. The van der Waals surface area contributed by atoms with E-state index in [2.05, 4.69) is 0 Å². The Kier molecular flexibility index (Phi) is 3.51. The Morgan fingerprint density at radius 1 is 1.43 bits per heavy atom. The second-order valence-corrected chi connectivity index (χ2v) is 2.85. The molecule has 0 aromatic heterocycles. The van der Waals surface area contributed by atoms with E-state index in [-0.39, 0.29) is 5.78 Å². The first-order chi connectivity index (χ1) is 6.69. The molecule has 14 heavy (non-hydrogen) atoms. The van der Waals surface area contributed by atoms with Crippen molar-refractivity contribution in [2.75, 3.05) is 13.7 Å². The van der Waals surface area contributed by atoms with E-state index in [1.54, 1.807) is 25.3 Å². The van der Waals surface area contributed by atoms with E-state index >= 15 is 0 Å². The van der Waals surface area contributed by atoms with Crippen molar-refractivity contribution in [1.82, 2.24) is 0 Å². The Morgan fingerprint density at radius 2 is 2.14 bits per heavy atom. The molecule has 0 atom stereocenters. The number of methoxy groups -OCH3 is 1. The van der Waals surface area contributed by atoms with Gasteiger partial charge in [-0.25, -0.2) is 0 Å². The molecular weight excluding hydrogens is 180 g/mol. The molecule has 0 amide bonds. The van der Waals surface area contributed by atoms with Gasteiger partial charge in [-0.2, -0.15) is 0 Å². The molecule has 0 bridgehead atoms. The van der Waals surface area contributed by atoms with Crippen molar-refractivity contribution in [3.8, 4) is 11.5 Å². The lowest BCUT2D eigenvalue weighted by Crippen LogP contribution is -1.99. The molecule has 0 radical (unpaired) electrons. The van der Waals surface area contributed by atoms with Crippen LogP contribution in [0.1, 0.15) is 24.2 Å². The second-order valence-electron chi connectivity index (χ2n) is 2.85. The van der Waals surface area contributed by atoms with E-state index in [0.29, 0.717) is 23.7 Å². The fourth-order valence-electron chi connectivity index (χ4n) is 1.22. The number of carbonyl (C=O) groups is 1. The minimum Gasteiger partial charge on any atom is -0.496 e. The van der Waals surface area contributed by atoms with Gasteiger partial charge in [0, 0.05) is 0 Å². The summed E-state index contributed by atoms with van der Waals surface area (Å²) in [5.41, 5.74) is 0.554. The molecule has 0 N–H and O–H groups in total. The van der Waals surface area contributed by atoms with Crippen LogP contribution in [0.3, 0.4) is 0 Å². The predicted octanol–water partition coefficient (Wildman–Crippen LogP) is 2.30. The highest BCUT2D eigenvalue weighted by atomic mass is 16.5. The van der Waals surface area contributed by atoms with Crippen LogP contribution < -0.4 is 9.47 Å². The van der Waals surface area contributed by atoms with Crippen LogP contribution in [-0.4, -0.2) is 19.5 Å². The summed E-state index contributed by atoms with van der Waals surface area (Å²) >= 11 is 0. The fourth-order valence-corrected chi connectivity index (χ4v) is 1.22. The Hall–Kier alpha value is -1.51. The highest BCUT2D eigenvalue weighted by Crippen LogP contribution is 2.24. The Morgan fingerprint density at radius 3 is 2.64 bits per heavy atom. The minimum atomic E-state index is -0.0246. The maximum atomic E-state index is 11.2. The SMILES string of the molecule is CCOc1ccc(OC)c(C(C)=O)c1. The van der Waals surface area contributed by atoms with Crippen LogP contribution in [0.4, 0.5) is 0 Å². The first-order valence-electron chi connectivity index (χ1n) is 4.50. The molecular formula is C11H14O3. The van der Waals surface area contributed by atoms with Crippen molar-refractivity contribution < 1.29 is 14.3 Å². The number of benzene rings is 1. The molecule has 1 aromatic rings. The summed E-state index contributed by atoms with van der Waals surface area (Å²) in [5.74, 6) is 1.25. The number of hydrogen-bond acceptors (Lipinski definition) is 3. The van der Waals surface area contributed by atoms with Gasteiger partial charge in [-0.3, -0.25) is 4.79 Å². The molecule has 0 unspecified atom stereocenters. The summed E-state index contributed by atoms with van der Waals surface area (Å²) in [6.45, 7) is 3.99. The molecule has 3 heteroatoms. The molecule has 1 rings (SSSR count). The summed E-state index contributed by atoms with van der Waals surface area (Å²) in [6.07, 6.45) is 0. The zero-order chi connectivity index (χ0) is 10.6. The Balaban J connectivity index is 3.07. The fraction of sp³-hybridized carbons (Fsp3) is 0.364. The topological polar surface area (TPSA) is 35.5 Å². The van der Waals surface area contributed by atoms with Gasteiger partial charge in [0.1, 0.15) is 11.5 Å². The van der Waals surface area contributed by atoms with Crippen LogP contribution in [0.5, 0.6) is 11.5 Å². The summed E-state index contributed by atoms with van der Waals surface area (Å²) in [7, 11) is 1.54. The largest absolute Gasteiger partial charge is 0.496 e. The molecule has 0 aliphatic heterocycles. The number of Topliss-reactive ketones (excluding diaryl/α,β-unsaturated/α-hetero) is 1. The van der Waals surface area contributed by atoms with Crippen LogP contribution >= 0.6 is 0 Å². The number of hydrogen-bond donors (Lipinski definition) is 0. The van der Waals surface area contributed by atoms with Crippen molar-refractivity contribution >= 4 is 5.78 Å². The molecule has 0 aliphatic rings. The van der Waals surface area contributed by atoms with Crippen LogP contribution in [0.15, 0.2) is 18.2 Å². The zero-order valence-corrected chi connectivity index (χ0v) is 8.66. The summed E-state index contributed by atoms with van der Waals surface area (Å²) in [5, 5.41) is 0. The van der Waals surface area contributed by atoms with E-state index in [0.717, 1.165) is 0 Å². The lowest BCUT2D eigenvalue weighted by atomic mass is 10.1. The Bertz CT molecular complexity index is 331. The number of ether oxygens (including phenoxy) is 2. The van der Waals surface area contributed by atoms with Gasteiger partial charge in [-0.05, 0) is 32.0 Å². The van der Waals surface area contributed by atoms with Gasteiger partial charge >= 0.3 is 0 Å². The molecule has 76 valence electrons. The number of carbonyl (C=O) groups excluding carboxylic acids is 1. The summed E-state index contributed by atoms with van der Waals surface area (Å²) < 4.78 is 10.4. The molecule has 0 aliphatic carbocycles. The van der Waals surface area contributed by atoms with Crippen LogP contribution in [0.2, 0.25) is 0 Å². The standard InChI is InChI=1S/C11H14O3/c1-4-14-9-5-6-11(13-3)10(7-9)8(2)12/h5-7H,4H2,1-3H3. The van der Waals surface area contributed by atoms with Crippen molar-refractivity contribution in [3.63, 3.8) is 0 Å². The van der Waals surface area contributed by atoms with Gasteiger partial charge in [0.2, 0.25) is 0 Å². The van der Waals surface area contributed by atoms with Gasteiger partial charge in [0.15, 0.2) is 5.78 Å². The third-order valence-corrected chi connectivity index (χ3v) is 1.86. The van der Waals surface area contributed by atoms with Crippen molar-refractivity contribution in [2.45, 2.75) is 13.8 Å². The molecule has 0 fully saturated rings. The molecule has 0 saturated carbocycles. The molecule has 0 saturated heterocycles. The maximum Gasteiger partial charge on any atom is 0.163 e. The van der Waals surface area contributed by atoms with Gasteiger partial charge in [0.05, 0.1) is 19.3 Å². The van der Waals surface area contributed by atoms with Crippen LogP contribution in [-0.2, 0) is 0 Å². The first kappa shape index (κ1) is 10.6. The Labute approximate surface area is 83.6 Å². The van der Waals surface area contributed by atoms with E-state index in [1.807, 2.05) is 6.92 Å². The lowest BCUT2D eigenvalue weighted by Gasteiger charge is -2.08. The lowest BCUT2D eigenvalue weighted by molar-refractivity contribution is 0.101. The van der Waals surface area contributed by atoms with Crippen molar-refractivity contribution in [1.29, 1.82) is 0 Å². The quantitative estimate of drug-likeness (QED) is 0.690. The highest BCUT2D eigenvalue weighted by Gasteiger charge is 2.08. The third-order valence-electron chi connectivity index (χ3n) is 1.86. The van der Waals surface area contributed by atoms with Crippen molar-refractivity contribution in [3.05, 3.63) is 23.8 Å². The number of rotatable bonds is 4. The maximum absolute atomic E-state index is 11.2. The predicted molar refractivity (Wildman–Crippen MR) is 54.2 cm³/mol. The smallest absolute Gasteiger partial charge is 0.163 e. The average molecular weight is 194 g/mol. The van der Waals surface area contributed by atoms with E-state index < -0.39 is 0 Å². The minimum absolute atomic E-state index is 0.0246. The molecule has 1 aromatic carbocycles. The van der Waals surface area contributed by atoms with E-state index in [1.165, 1.54) is 6.92 Å². The molecule has 0 heterocycles. The van der Waals surface area contributed by atoms with E-state index in [9.17, 15) is 4.79 Å². The third kappa shape index (κ3) is 2.25. The highest BCUT2D eigenvalue weighted by molar-refractivity contribution is 5.97.